The number of carboxylic acids is 1. The van der Waals surface area contributed by atoms with Crippen LogP contribution in [0.25, 0.3) is 0 Å². The van der Waals surface area contributed by atoms with Crippen molar-refractivity contribution in [3.8, 4) is 12.3 Å². The van der Waals surface area contributed by atoms with Crippen LogP contribution >= 0.6 is 0 Å². The van der Waals surface area contributed by atoms with Crippen LogP contribution in [0.15, 0.2) is 6.20 Å². The molecule has 0 aliphatic heterocycles. The molecule has 1 aromatic heterocycles. The van der Waals surface area contributed by atoms with Gasteiger partial charge in [0.05, 0.1) is 12.2 Å². The Morgan fingerprint density at radius 3 is 3.00 bits per heavy atom. The van der Waals surface area contributed by atoms with Crippen LogP contribution in [0, 0.1) is 12.3 Å². The maximum atomic E-state index is 11.1. The molecule has 1 heterocycles. The van der Waals surface area contributed by atoms with Crippen LogP contribution < -0.4 is 5.32 Å². The third-order valence-corrected chi connectivity index (χ3v) is 2.24. The Morgan fingerprint density at radius 1 is 1.81 bits per heavy atom. The van der Waals surface area contributed by atoms with Crippen molar-refractivity contribution in [2.24, 2.45) is 7.05 Å². The smallest absolute Gasteiger partial charge is 0.325 e. The zero-order chi connectivity index (χ0) is 12.1. The molecule has 86 valence electrons. The van der Waals surface area contributed by atoms with Gasteiger partial charge >= 0.3 is 5.97 Å². The molecule has 1 atom stereocenters. The van der Waals surface area contributed by atoms with E-state index < -0.39 is 12.0 Å². The van der Waals surface area contributed by atoms with Crippen LogP contribution in [0.2, 0.25) is 0 Å². The Kier molecular flexibility index (Phi) is 4.09. The fourth-order valence-electron chi connectivity index (χ4n) is 1.56. The largest absolute Gasteiger partial charge is 0.480 e. The van der Waals surface area contributed by atoms with Crippen LogP contribution in [0.4, 0.5) is 0 Å². The molecule has 1 aromatic rings. The van der Waals surface area contributed by atoms with Crippen molar-refractivity contribution in [3.63, 3.8) is 0 Å². The van der Waals surface area contributed by atoms with Gasteiger partial charge in [-0.2, -0.15) is 5.10 Å². The predicted molar refractivity (Wildman–Crippen MR) is 59.8 cm³/mol. The highest BCUT2D eigenvalue weighted by atomic mass is 16.4. The van der Waals surface area contributed by atoms with Gasteiger partial charge in [-0.25, -0.2) is 0 Å². The first-order valence-electron chi connectivity index (χ1n) is 5.02. The molecular formula is C11H15N3O2. The molecular weight excluding hydrogens is 206 g/mol. The molecule has 1 unspecified atom stereocenters. The van der Waals surface area contributed by atoms with E-state index in [-0.39, 0.29) is 6.54 Å². The lowest BCUT2D eigenvalue weighted by atomic mass is 10.1. The van der Waals surface area contributed by atoms with Crippen molar-refractivity contribution < 1.29 is 9.90 Å². The van der Waals surface area contributed by atoms with E-state index in [0.29, 0.717) is 12.0 Å². The van der Waals surface area contributed by atoms with E-state index in [1.54, 1.807) is 17.9 Å². The molecule has 0 spiro atoms. The first-order chi connectivity index (χ1) is 7.60. The summed E-state index contributed by atoms with van der Waals surface area (Å²) in [5.74, 6) is 1.42. The van der Waals surface area contributed by atoms with E-state index in [1.807, 2.05) is 6.92 Å². The average Bonchev–Trinajstić information content (AvgIpc) is 2.60. The van der Waals surface area contributed by atoms with Gasteiger partial charge < -0.3 is 5.11 Å². The van der Waals surface area contributed by atoms with Crippen molar-refractivity contribution in [1.82, 2.24) is 15.1 Å². The zero-order valence-electron chi connectivity index (χ0n) is 9.40. The summed E-state index contributed by atoms with van der Waals surface area (Å²) in [5, 5.41) is 16.1. The van der Waals surface area contributed by atoms with Gasteiger partial charge in [-0.1, -0.05) is 12.8 Å². The second-order valence-electron chi connectivity index (χ2n) is 3.41. The van der Waals surface area contributed by atoms with E-state index in [9.17, 15) is 4.79 Å². The van der Waals surface area contributed by atoms with Crippen LogP contribution in [0.5, 0.6) is 0 Å². The van der Waals surface area contributed by atoms with Crippen molar-refractivity contribution in [2.75, 3.05) is 6.54 Å². The summed E-state index contributed by atoms with van der Waals surface area (Å²) in [4.78, 5) is 11.1. The van der Waals surface area contributed by atoms with Crippen molar-refractivity contribution >= 4 is 5.97 Å². The second kappa shape index (κ2) is 5.33. The lowest BCUT2D eigenvalue weighted by Crippen LogP contribution is -2.29. The molecule has 5 heteroatoms. The number of aliphatic carboxylic acids is 1. The Morgan fingerprint density at radius 2 is 2.50 bits per heavy atom. The second-order valence-corrected chi connectivity index (χ2v) is 3.41. The first kappa shape index (κ1) is 12.3. The van der Waals surface area contributed by atoms with Crippen LogP contribution in [0.3, 0.4) is 0 Å². The molecule has 16 heavy (non-hydrogen) atoms. The van der Waals surface area contributed by atoms with E-state index in [0.717, 1.165) is 5.69 Å². The normalized spacial score (nSPS) is 12.1. The summed E-state index contributed by atoms with van der Waals surface area (Å²) in [7, 11) is 1.77. The highest BCUT2D eigenvalue weighted by Crippen LogP contribution is 2.17. The van der Waals surface area contributed by atoms with Gasteiger partial charge in [0.25, 0.3) is 0 Å². The van der Waals surface area contributed by atoms with Crippen LogP contribution in [-0.4, -0.2) is 27.4 Å². The molecule has 0 aliphatic carbocycles. The van der Waals surface area contributed by atoms with Crippen LogP contribution in [-0.2, 0) is 18.3 Å². The first-order valence-corrected chi connectivity index (χ1v) is 5.02. The highest BCUT2D eigenvalue weighted by Gasteiger charge is 2.23. The van der Waals surface area contributed by atoms with Gasteiger partial charge in [0, 0.05) is 18.8 Å². The Labute approximate surface area is 94.5 Å². The van der Waals surface area contributed by atoms with E-state index in [4.69, 9.17) is 11.5 Å². The van der Waals surface area contributed by atoms with Gasteiger partial charge in [0.1, 0.15) is 6.04 Å². The SMILES string of the molecule is C#CCNC(C(=O)O)c1cn(C)nc1CC. The Hall–Kier alpha value is -1.80. The third-order valence-electron chi connectivity index (χ3n) is 2.24. The number of aryl methyl sites for hydroxylation is 2. The minimum absolute atomic E-state index is 0.217. The van der Waals surface area contributed by atoms with Gasteiger partial charge in [-0.05, 0) is 6.42 Å². The fraction of sp³-hybridized carbons (Fsp3) is 0.455. The number of terminal acetylenes is 1. The molecule has 0 bridgehead atoms. The topological polar surface area (TPSA) is 67.2 Å². The lowest BCUT2D eigenvalue weighted by Gasteiger charge is -2.11. The molecule has 1 rings (SSSR count). The number of rotatable bonds is 5. The number of carboxylic acid groups (broad SMARTS) is 1. The number of carbonyl (C=O) groups is 1. The summed E-state index contributed by atoms with van der Waals surface area (Å²) in [5.41, 5.74) is 1.45. The summed E-state index contributed by atoms with van der Waals surface area (Å²) >= 11 is 0. The number of hydrogen-bond donors (Lipinski definition) is 2. The summed E-state index contributed by atoms with van der Waals surface area (Å²) in [6.07, 6.45) is 7.51. The summed E-state index contributed by atoms with van der Waals surface area (Å²) in [6, 6.07) is -0.792. The molecule has 0 saturated heterocycles. The summed E-state index contributed by atoms with van der Waals surface area (Å²) in [6.45, 7) is 2.15. The Balaban J connectivity index is 3.00. The quantitative estimate of drug-likeness (QED) is 0.703. The van der Waals surface area contributed by atoms with Crippen LogP contribution in [0.1, 0.15) is 24.2 Å². The fourth-order valence-corrected chi connectivity index (χ4v) is 1.56. The number of nitrogens with zero attached hydrogens (tertiary/aromatic N) is 2. The van der Waals surface area contributed by atoms with Gasteiger partial charge in [0.15, 0.2) is 0 Å². The van der Waals surface area contributed by atoms with E-state index >= 15 is 0 Å². The maximum absolute atomic E-state index is 11.1. The maximum Gasteiger partial charge on any atom is 0.325 e. The molecule has 2 N–H and O–H groups in total. The van der Waals surface area contributed by atoms with E-state index in [2.05, 4.69) is 16.3 Å². The monoisotopic (exact) mass is 221 g/mol. The minimum Gasteiger partial charge on any atom is -0.480 e. The van der Waals surface area contributed by atoms with Crippen molar-refractivity contribution in [1.29, 1.82) is 0 Å². The molecule has 0 fully saturated rings. The molecule has 0 aromatic carbocycles. The van der Waals surface area contributed by atoms with Gasteiger partial charge in [-0.15, -0.1) is 6.42 Å². The highest BCUT2D eigenvalue weighted by molar-refractivity contribution is 5.75. The molecule has 0 aliphatic rings. The van der Waals surface area contributed by atoms with Crippen molar-refractivity contribution in [2.45, 2.75) is 19.4 Å². The van der Waals surface area contributed by atoms with Crippen molar-refractivity contribution in [3.05, 3.63) is 17.5 Å². The summed E-state index contributed by atoms with van der Waals surface area (Å²) < 4.78 is 1.61. The lowest BCUT2D eigenvalue weighted by molar-refractivity contribution is -0.139. The molecule has 0 amide bonds. The minimum atomic E-state index is -0.946. The Bertz CT molecular complexity index is 417. The number of hydrogen-bond acceptors (Lipinski definition) is 3. The third kappa shape index (κ3) is 2.61. The predicted octanol–water partition coefficient (Wildman–Crippen LogP) is 0.331. The standard InChI is InChI=1S/C11H15N3O2/c1-4-6-12-10(11(15)16)8-7-14(3)13-9(8)5-2/h1,7,10,12H,5-6H2,2-3H3,(H,15,16). The zero-order valence-corrected chi connectivity index (χ0v) is 9.40. The molecule has 0 saturated carbocycles. The number of aromatic nitrogens is 2. The molecule has 0 radical (unpaired) electrons. The van der Waals surface area contributed by atoms with Gasteiger partial charge in [0.2, 0.25) is 0 Å². The number of nitrogens with one attached hydrogen (secondary N) is 1. The van der Waals surface area contributed by atoms with E-state index in [1.165, 1.54) is 0 Å². The molecule has 5 nitrogen and oxygen atoms in total. The van der Waals surface area contributed by atoms with Gasteiger partial charge in [-0.3, -0.25) is 14.8 Å². The average molecular weight is 221 g/mol.